The molecule has 0 N–H and O–H groups in total. The fourth-order valence-corrected chi connectivity index (χ4v) is 3.51. The van der Waals surface area contributed by atoms with Crippen molar-refractivity contribution >= 4 is 34.2 Å². The first kappa shape index (κ1) is 18.2. The predicted octanol–water partition coefficient (Wildman–Crippen LogP) is 3.77. The number of hydrazone groups is 2. The number of aromatic nitrogens is 2. The first-order chi connectivity index (χ1) is 14.8. The van der Waals surface area contributed by atoms with Gasteiger partial charge in [0.2, 0.25) is 0 Å². The second kappa shape index (κ2) is 8.29. The van der Waals surface area contributed by atoms with Crippen LogP contribution in [0.4, 0.5) is 0 Å². The smallest absolute Gasteiger partial charge is 0.0837 e. The van der Waals surface area contributed by atoms with Crippen LogP contribution in [-0.4, -0.2) is 58.6 Å². The van der Waals surface area contributed by atoms with E-state index in [1.807, 2.05) is 61.0 Å². The van der Waals surface area contributed by atoms with Gasteiger partial charge in [-0.3, -0.25) is 10.0 Å². The number of hydrogen-bond donors (Lipinski definition) is 0. The van der Waals surface area contributed by atoms with Crippen LogP contribution in [-0.2, 0) is 0 Å². The molecule has 1 aliphatic rings. The summed E-state index contributed by atoms with van der Waals surface area (Å²) in [5.74, 6) is 0. The molecule has 6 nitrogen and oxygen atoms in total. The Bertz CT molecular complexity index is 1130. The van der Waals surface area contributed by atoms with Crippen LogP contribution in [0.3, 0.4) is 0 Å². The Labute approximate surface area is 175 Å². The summed E-state index contributed by atoms with van der Waals surface area (Å²) in [6, 6.07) is 24.4. The molecule has 0 bridgehead atoms. The lowest BCUT2D eigenvalue weighted by atomic mass is 10.2. The van der Waals surface area contributed by atoms with Gasteiger partial charge in [0, 0.05) is 10.8 Å². The lowest BCUT2D eigenvalue weighted by Crippen LogP contribution is -2.41. The van der Waals surface area contributed by atoms with Crippen molar-refractivity contribution < 1.29 is 0 Å². The maximum absolute atomic E-state index is 4.64. The molecule has 0 amide bonds. The first-order valence-electron chi connectivity index (χ1n) is 10.1. The molecule has 3 heterocycles. The second-order valence-electron chi connectivity index (χ2n) is 7.25. The molecule has 0 saturated carbocycles. The summed E-state index contributed by atoms with van der Waals surface area (Å²) < 4.78 is 0. The van der Waals surface area contributed by atoms with Gasteiger partial charge in [-0.25, -0.2) is 9.97 Å². The zero-order chi connectivity index (χ0) is 20.2. The van der Waals surface area contributed by atoms with E-state index in [9.17, 15) is 0 Å². The van der Waals surface area contributed by atoms with E-state index in [0.717, 1.165) is 59.4 Å². The van der Waals surface area contributed by atoms with Crippen LogP contribution in [0.2, 0.25) is 0 Å². The Morgan fingerprint density at radius 1 is 0.567 bits per heavy atom. The highest BCUT2D eigenvalue weighted by molar-refractivity contribution is 5.85. The van der Waals surface area contributed by atoms with Crippen LogP contribution in [0.1, 0.15) is 11.4 Å². The number of fused-ring (bicyclic) bond motifs is 2. The quantitative estimate of drug-likeness (QED) is 0.495. The lowest BCUT2D eigenvalue weighted by Gasteiger charge is -2.31. The highest BCUT2D eigenvalue weighted by Gasteiger charge is 2.13. The van der Waals surface area contributed by atoms with Crippen LogP contribution < -0.4 is 0 Å². The van der Waals surface area contributed by atoms with E-state index in [1.54, 1.807) is 0 Å². The fraction of sp³-hybridized carbons (Fsp3) is 0.167. The van der Waals surface area contributed by atoms with Gasteiger partial charge in [0.15, 0.2) is 0 Å². The molecule has 0 aliphatic carbocycles. The molecule has 2 aromatic carbocycles. The Balaban J connectivity index is 1.18. The third-order valence-electron chi connectivity index (χ3n) is 5.18. The van der Waals surface area contributed by atoms with Crippen LogP contribution >= 0.6 is 0 Å². The monoisotopic (exact) mass is 394 g/mol. The number of hydrogen-bond acceptors (Lipinski definition) is 6. The number of nitrogens with zero attached hydrogens (tertiary/aromatic N) is 6. The molecule has 0 atom stereocenters. The van der Waals surface area contributed by atoms with Gasteiger partial charge in [-0.1, -0.05) is 48.5 Å². The average Bonchev–Trinajstić information content (AvgIpc) is 2.82. The molecule has 5 rings (SSSR count). The van der Waals surface area contributed by atoms with Crippen molar-refractivity contribution in [2.75, 3.05) is 26.2 Å². The van der Waals surface area contributed by atoms with Gasteiger partial charge in [0.1, 0.15) is 0 Å². The highest BCUT2D eigenvalue weighted by atomic mass is 15.5. The molecule has 2 aromatic heterocycles. The largest absolute Gasteiger partial charge is 0.293 e. The first-order valence-corrected chi connectivity index (χ1v) is 10.1. The van der Waals surface area contributed by atoms with E-state index in [0.29, 0.717) is 0 Å². The minimum absolute atomic E-state index is 0.826. The van der Waals surface area contributed by atoms with Crippen molar-refractivity contribution in [1.82, 2.24) is 20.0 Å². The topological polar surface area (TPSA) is 57.0 Å². The molecule has 30 heavy (non-hydrogen) atoms. The minimum atomic E-state index is 0.826. The van der Waals surface area contributed by atoms with Crippen molar-refractivity contribution in [3.8, 4) is 0 Å². The van der Waals surface area contributed by atoms with Crippen molar-refractivity contribution in [2.45, 2.75) is 0 Å². The van der Waals surface area contributed by atoms with E-state index in [4.69, 9.17) is 0 Å². The summed E-state index contributed by atoms with van der Waals surface area (Å²) >= 11 is 0. The standard InChI is InChI=1S/C24H22N6/c1-3-7-23-19(5-1)9-11-21(27-23)17-25-29-13-15-30(16-14-29)26-18-22-12-10-20-6-2-4-8-24(20)28-22/h1-12,17-18H,13-16H2. The third-order valence-corrected chi connectivity index (χ3v) is 5.18. The average molecular weight is 394 g/mol. The van der Waals surface area contributed by atoms with Gasteiger partial charge >= 0.3 is 0 Å². The summed E-state index contributed by atoms with van der Waals surface area (Å²) in [6.45, 7) is 3.30. The third kappa shape index (κ3) is 4.12. The van der Waals surface area contributed by atoms with Gasteiger partial charge in [-0.2, -0.15) is 10.2 Å². The summed E-state index contributed by atoms with van der Waals surface area (Å²) in [7, 11) is 0. The Kier molecular flexibility index (Phi) is 5.04. The summed E-state index contributed by atoms with van der Waals surface area (Å²) in [4.78, 5) is 9.28. The molecule has 0 unspecified atom stereocenters. The van der Waals surface area contributed by atoms with E-state index in [1.165, 1.54) is 0 Å². The second-order valence-corrected chi connectivity index (χ2v) is 7.25. The molecular weight excluding hydrogens is 372 g/mol. The highest BCUT2D eigenvalue weighted by Crippen LogP contribution is 2.12. The van der Waals surface area contributed by atoms with Gasteiger partial charge in [0.05, 0.1) is 61.0 Å². The van der Waals surface area contributed by atoms with E-state index in [2.05, 4.69) is 54.5 Å². The summed E-state index contributed by atoms with van der Waals surface area (Å²) in [5.41, 5.74) is 3.72. The molecule has 6 heteroatoms. The van der Waals surface area contributed by atoms with Crippen molar-refractivity contribution in [3.05, 3.63) is 84.2 Å². The van der Waals surface area contributed by atoms with Gasteiger partial charge in [-0.15, -0.1) is 0 Å². The fourth-order valence-electron chi connectivity index (χ4n) is 3.51. The zero-order valence-electron chi connectivity index (χ0n) is 16.6. The molecule has 4 aromatic rings. The molecule has 0 spiro atoms. The lowest BCUT2D eigenvalue weighted by molar-refractivity contribution is 0.141. The Morgan fingerprint density at radius 2 is 1.00 bits per heavy atom. The molecule has 1 aliphatic heterocycles. The van der Waals surface area contributed by atoms with Gasteiger partial charge in [-0.05, 0) is 24.3 Å². The Hall–Kier alpha value is -3.80. The van der Waals surface area contributed by atoms with Crippen molar-refractivity contribution in [1.29, 1.82) is 0 Å². The maximum atomic E-state index is 4.64. The molecule has 1 saturated heterocycles. The molecular formula is C24H22N6. The number of para-hydroxylation sites is 2. The number of piperazine rings is 1. The van der Waals surface area contributed by atoms with E-state index < -0.39 is 0 Å². The summed E-state index contributed by atoms with van der Waals surface area (Å²) in [6.07, 6.45) is 3.68. The molecule has 1 fully saturated rings. The number of pyridine rings is 2. The SMILES string of the molecule is C(=NN1CCN(N=Cc2ccc3ccccc3n2)CC1)c1ccc2ccccc2n1. The van der Waals surface area contributed by atoms with Gasteiger partial charge < -0.3 is 0 Å². The number of benzene rings is 2. The Morgan fingerprint density at radius 3 is 1.47 bits per heavy atom. The van der Waals surface area contributed by atoms with Crippen LogP contribution in [0.5, 0.6) is 0 Å². The van der Waals surface area contributed by atoms with Crippen molar-refractivity contribution in [2.24, 2.45) is 10.2 Å². The van der Waals surface area contributed by atoms with E-state index >= 15 is 0 Å². The zero-order valence-corrected chi connectivity index (χ0v) is 16.6. The van der Waals surface area contributed by atoms with Gasteiger partial charge in [0.25, 0.3) is 0 Å². The number of rotatable bonds is 4. The maximum Gasteiger partial charge on any atom is 0.0837 e. The van der Waals surface area contributed by atoms with Crippen LogP contribution in [0.25, 0.3) is 21.8 Å². The predicted molar refractivity (Wildman–Crippen MR) is 122 cm³/mol. The van der Waals surface area contributed by atoms with Crippen LogP contribution in [0.15, 0.2) is 83.0 Å². The van der Waals surface area contributed by atoms with Crippen molar-refractivity contribution in [3.63, 3.8) is 0 Å². The minimum Gasteiger partial charge on any atom is -0.293 e. The van der Waals surface area contributed by atoms with E-state index in [-0.39, 0.29) is 0 Å². The molecule has 0 radical (unpaired) electrons. The summed E-state index contributed by atoms with van der Waals surface area (Å²) in [5, 5.41) is 15.6. The normalized spacial score (nSPS) is 15.1. The molecule has 148 valence electrons. The van der Waals surface area contributed by atoms with Crippen LogP contribution in [0, 0.1) is 0 Å².